The van der Waals surface area contributed by atoms with Crippen LogP contribution >= 0.6 is 0 Å². The van der Waals surface area contributed by atoms with Gasteiger partial charge in [0.15, 0.2) is 0 Å². The molecule has 21 heavy (non-hydrogen) atoms. The summed E-state index contributed by atoms with van der Waals surface area (Å²) >= 11 is 0. The van der Waals surface area contributed by atoms with Gasteiger partial charge in [-0.25, -0.2) is 9.97 Å². The Morgan fingerprint density at radius 3 is 2.29 bits per heavy atom. The number of nitrogens with one attached hydrogen (secondary N) is 2. The molecule has 0 fully saturated rings. The van der Waals surface area contributed by atoms with Gasteiger partial charge in [-0.1, -0.05) is 18.2 Å². The Kier molecular flexibility index (Phi) is 4.52. The molecule has 0 atom stereocenters. The highest BCUT2D eigenvalue weighted by Crippen LogP contribution is 2.22. The monoisotopic (exact) mass is 284 g/mol. The second kappa shape index (κ2) is 6.35. The number of carbonyl (C=O) groups excluding carboxylic acids is 1. The summed E-state index contributed by atoms with van der Waals surface area (Å²) in [6, 6.07) is 6.16. The fraction of sp³-hybridized carbons (Fsp3) is 0.312. The van der Waals surface area contributed by atoms with Crippen LogP contribution < -0.4 is 10.6 Å². The molecule has 2 aromatic rings. The van der Waals surface area contributed by atoms with Crippen molar-refractivity contribution in [2.24, 2.45) is 0 Å². The minimum atomic E-state index is -0.212. The van der Waals surface area contributed by atoms with E-state index in [1.54, 1.807) is 6.20 Å². The zero-order valence-electron chi connectivity index (χ0n) is 12.8. The molecule has 5 heteroatoms. The Morgan fingerprint density at radius 1 is 1.10 bits per heavy atom. The van der Waals surface area contributed by atoms with Gasteiger partial charge < -0.3 is 10.6 Å². The summed E-state index contributed by atoms with van der Waals surface area (Å²) in [6.07, 6.45) is 3.05. The molecular formula is C16H20N4O. The lowest BCUT2D eigenvalue weighted by Crippen LogP contribution is -2.30. The van der Waals surface area contributed by atoms with Crippen molar-refractivity contribution < 1.29 is 4.79 Å². The molecular weight excluding hydrogens is 264 g/mol. The molecule has 0 radical (unpaired) electrons. The summed E-state index contributed by atoms with van der Waals surface area (Å²) in [5.74, 6) is 0.407. The molecule has 1 heterocycles. The third-order valence-electron chi connectivity index (χ3n) is 3.04. The van der Waals surface area contributed by atoms with Gasteiger partial charge in [-0.2, -0.15) is 0 Å². The molecule has 0 bridgehead atoms. The van der Waals surface area contributed by atoms with Crippen LogP contribution in [-0.2, 0) is 0 Å². The Labute approximate surface area is 124 Å². The quantitative estimate of drug-likeness (QED) is 0.905. The number of anilines is 2. The molecule has 1 aromatic carbocycles. The highest BCUT2D eigenvalue weighted by Gasteiger charge is 2.09. The molecule has 0 saturated carbocycles. The van der Waals surface area contributed by atoms with Crippen LogP contribution in [0.2, 0.25) is 0 Å². The minimum Gasteiger partial charge on any atom is -0.348 e. The maximum absolute atomic E-state index is 11.8. The third-order valence-corrected chi connectivity index (χ3v) is 3.04. The van der Waals surface area contributed by atoms with Crippen LogP contribution in [0.1, 0.15) is 35.5 Å². The normalized spacial score (nSPS) is 10.5. The van der Waals surface area contributed by atoms with E-state index in [1.165, 1.54) is 6.20 Å². The molecule has 0 spiro atoms. The molecule has 1 amide bonds. The lowest BCUT2D eigenvalue weighted by atomic mass is 10.1. The van der Waals surface area contributed by atoms with Gasteiger partial charge in [-0.05, 0) is 38.8 Å². The van der Waals surface area contributed by atoms with Gasteiger partial charge in [0.2, 0.25) is 0 Å². The molecule has 0 aliphatic carbocycles. The summed E-state index contributed by atoms with van der Waals surface area (Å²) in [6.45, 7) is 7.88. The Hall–Kier alpha value is -2.43. The van der Waals surface area contributed by atoms with Gasteiger partial charge >= 0.3 is 0 Å². The first-order chi connectivity index (χ1) is 9.97. The van der Waals surface area contributed by atoms with Crippen LogP contribution in [0.3, 0.4) is 0 Å². The largest absolute Gasteiger partial charge is 0.348 e. The maximum Gasteiger partial charge on any atom is 0.271 e. The summed E-state index contributed by atoms with van der Waals surface area (Å²) in [5, 5.41) is 6.03. The van der Waals surface area contributed by atoms with Gasteiger partial charge in [0.05, 0.1) is 12.4 Å². The maximum atomic E-state index is 11.8. The van der Waals surface area contributed by atoms with E-state index in [0.717, 1.165) is 16.8 Å². The number of benzene rings is 1. The first-order valence-electron chi connectivity index (χ1n) is 6.93. The van der Waals surface area contributed by atoms with E-state index in [2.05, 4.69) is 20.6 Å². The number of hydrogen-bond donors (Lipinski definition) is 2. The number of para-hydroxylation sites is 1. The first-order valence-corrected chi connectivity index (χ1v) is 6.93. The zero-order chi connectivity index (χ0) is 15.4. The zero-order valence-corrected chi connectivity index (χ0v) is 12.8. The van der Waals surface area contributed by atoms with Gasteiger partial charge in [0.25, 0.3) is 5.91 Å². The van der Waals surface area contributed by atoms with E-state index in [4.69, 9.17) is 0 Å². The topological polar surface area (TPSA) is 66.9 Å². The number of hydrogen-bond acceptors (Lipinski definition) is 4. The molecule has 110 valence electrons. The highest BCUT2D eigenvalue weighted by molar-refractivity contribution is 5.92. The Morgan fingerprint density at radius 2 is 1.76 bits per heavy atom. The van der Waals surface area contributed by atoms with Gasteiger partial charge in [-0.3, -0.25) is 4.79 Å². The average molecular weight is 284 g/mol. The second-order valence-corrected chi connectivity index (χ2v) is 5.31. The van der Waals surface area contributed by atoms with Crippen LogP contribution in [0.15, 0.2) is 30.6 Å². The second-order valence-electron chi connectivity index (χ2n) is 5.31. The average Bonchev–Trinajstić information content (AvgIpc) is 2.43. The number of amides is 1. The Balaban J connectivity index is 2.15. The number of carbonyl (C=O) groups is 1. The van der Waals surface area contributed by atoms with Crippen molar-refractivity contribution in [3.63, 3.8) is 0 Å². The van der Waals surface area contributed by atoms with Crippen LogP contribution in [-0.4, -0.2) is 21.9 Å². The highest BCUT2D eigenvalue weighted by atomic mass is 16.1. The van der Waals surface area contributed by atoms with Gasteiger partial charge in [0.1, 0.15) is 11.5 Å². The van der Waals surface area contributed by atoms with Gasteiger partial charge in [0, 0.05) is 11.7 Å². The van der Waals surface area contributed by atoms with E-state index in [-0.39, 0.29) is 11.9 Å². The molecule has 2 rings (SSSR count). The van der Waals surface area contributed by atoms with Crippen molar-refractivity contribution in [1.82, 2.24) is 15.3 Å². The smallest absolute Gasteiger partial charge is 0.271 e. The van der Waals surface area contributed by atoms with E-state index >= 15 is 0 Å². The van der Waals surface area contributed by atoms with E-state index in [9.17, 15) is 4.79 Å². The van der Waals surface area contributed by atoms with Crippen molar-refractivity contribution in [2.45, 2.75) is 33.7 Å². The summed E-state index contributed by atoms with van der Waals surface area (Å²) < 4.78 is 0. The van der Waals surface area contributed by atoms with Crippen LogP contribution in [0.5, 0.6) is 0 Å². The van der Waals surface area contributed by atoms with Crippen molar-refractivity contribution in [3.05, 3.63) is 47.4 Å². The lowest BCUT2D eigenvalue weighted by Gasteiger charge is -2.12. The molecule has 5 nitrogen and oxygen atoms in total. The lowest BCUT2D eigenvalue weighted by molar-refractivity contribution is 0.0937. The standard InChI is InChI=1S/C16H20N4O/c1-10(2)19-16(21)13-8-18-14(9-17-13)20-15-11(3)6-5-7-12(15)4/h5-10H,1-4H3,(H,18,20)(H,19,21). The number of nitrogens with zero attached hydrogens (tertiary/aromatic N) is 2. The van der Waals surface area contributed by atoms with E-state index in [0.29, 0.717) is 11.5 Å². The molecule has 0 aliphatic rings. The van der Waals surface area contributed by atoms with E-state index < -0.39 is 0 Å². The van der Waals surface area contributed by atoms with Crippen LogP contribution in [0, 0.1) is 13.8 Å². The summed E-state index contributed by atoms with van der Waals surface area (Å²) in [4.78, 5) is 20.2. The van der Waals surface area contributed by atoms with Crippen LogP contribution in [0.4, 0.5) is 11.5 Å². The van der Waals surface area contributed by atoms with Crippen molar-refractivity contribution in [2.75, 3.05) is 5.32 Å². The predicted molar refractivity (Wildman–Crippen MR) is 83.8 cm³/mol. The molecule has 0 unspecified atom stereocenters. The van der Waals surface area contributed by atoms with Crippen molar-refractivity contribution in [1.29, 1.82) is 0 Å². The SMILES string of the molecule is Cc1cccc(C)c1Nc1cnc(C(=O)NC(C)C)cn1. The predicted octanol–water partition coefficient (Wildman–Crippen LogP) is 2.98. The number of aryl methyl sites for hydroxylation is 2. The first kappa shape index (κ1) is 15.0. The number of rotatable bonds is 4. The third kappa shape index (κ3) is 3.78. The fourth-order valence-electron chi connectivity index (χ4n) is 1.99. The van der Waals surface area contributed by atoms with Crippen LogP contribution in [0.25, 0.3) is 0 Å². The van der Waals surface area contributed by atoms with E-state index in [1.807, 2.05) is 45.9 Å². The minimum absolute atomic E-state index is 0.0757. The number of aromatic nitrogens is 2. The van der Waals surface area contributed by atoms with Crippen molar-refractivity contribution >= 4 is 17.4 Å². The molecule has 1 aromatic heterocycles. The molecule has 2 N–H and O–H groups in total. The summed E-state index contributed by atoms with van der Waals surface area (Å²) in [7, 11) is 0. The van der Waals surface area contributed by atoms with Gasteiger partial charge in [-0.15, -0.1) is 0 Å². The fourth-order valence-corrected chi connectivity index (χ4v) is 1.99. The molecule has 0 aliphatic heterocycles. The molecule has 0 saturated heterocycles. The summed E-state index contributed by atoms with van der Waals surface area (Å²) in [5.41, 5.74) is 3.61. The Bertz CT molecular complexity index is 615. The van der Waals surface area contributed by atoms with Crippen molar-refractivity contribution in [3.8, 4) is 0 Å².